The van der Waals surface area contributed by atoms with Gasteiger partial charge in [0, 0.05) is 0 Å². The van der Waals surface area contributed by atoms with Crippen LogP contribution in [0.25, 0.3) is 21.5 Å². The number of aryl methyl sites for hydroxylation is 2. The molecule has 0 bridgehead atoms. The number of allylic oxidation sites excluding steroid dienone is 8. The van der Waals surface area contributed by atoms with Gasteiger partial charge in [-0.2, -0.15) is 12.2 Å². The molecule has 2 aliphatic rings. The predicted octanol–water partition coefficient (Wildman–Crippen LogP) is 4.72. The summed E-state index contributed by atoms with van der Waals surface area (Å²) in [5, 5.41) is 5.46. The monoisotopic (exact) mass is 476 g/mol. The first kappa shape index (κ1) is 25.5. The van der Waals surface area contributed by atoms with E-state index in [1.165, 1.54) is 43.8 Å². The average molecular weight is 478 g/mol. The van der Waals surface area contributed by atoms with Crippen molar-refractivity contribution in [3.63, 3.8) is 0 Å². The van der Waals surface area contributed by atoms with E-state index in [4.69, 9.17) is 0 Å². The van der Waals surface area contributed by atoms with Gasteiger partial charge in [-0.15, -0.1) is 66.4 Å². The molecule has 3 aromatic carbocycles. The van der Waals surface area contributed by atoms with Gasteiger partial charge in [0.25, 0.3) is 0 Å². The number of fused-ring (bicyclic) bond motifs is 3. The minimum absolute atomic E-state index is 0. The summed E-state index contributed by atoms with van der Waals surface area (Å²) in [5.74, 6) is 0. The van der Waals surface area contributed by atoms with Crippen LogP contribution in [0.1, 0.15) is 37.8 Å². The van der Waals surface area contributed by atoms with Crippen molar-refractivity contribution in [2.75, 3.05) is 0 Å². The fourth-order valence-electron chi connectivity index (χ4n) is 3.26. The maximum atomic E-state index is 3.05. The number of rotatable bonds is 0. The molecule has 2 aliphatic carbocycles. The van der Waals surface area contributed by atoms with Gasteiger partial charge in [0.1, 0.15) is 0 Å². The topological polar surface area (TPSA) is 0 Å². The second kappa shape index (κ2) is 12.2. The Morgan fingerprint density at radius 2 is 1.10 bits per heavy atom. The van der Waals surface area contributed by atoms with Crippen LogP contribution < -0.4 is 12.4 Å². The van der Waals surface area contributed by atoms with Gasteiger partial charge in [-0.3, -0.25) is 12.2 Å². The van der Waals surface area contributed by atoms with E-state index in [-0.39, 0.29) is 38.6 Å². The zero-order valence-electron chi connectivity index (χ0n) is 17.6. The third-order valence-corrected chi connectivity index (χ3v) is 4.76. The molecule has 0 nitrogen and oxygen atoms in total. The van der Waals surface area contributed by atoms with E-state index in [1.807, 2.05) is 12.2 Å². The van der Waals surface area contributed by atoms with Crippen molar-refractivity contribution in [2.24, 2.45) is 0 Å². The predicted molar refractivity (Wildman–Crippen MR) is 119 cm³/mol. The van der Waals surface area contributed by atoms with Gasteiger partial charge in [0.05, 0.1) is 0 Å². The third kappa shape index (κ3) is 7.32. The number of benzene rings is 2. The van der Waals surface area contributed by atoms with Crippen LogP contribution >= 0.6 is 0 Å². The summed E-state index contributed by atoms with van der Waals surface area (Å²) < 4.78 is 0. The summed E-state index contributed by atoms with van der Waals surface area (Å²) in [5.41, 5.74) is 5.34. The molecule has 0 spiro atoms. The first-order chi connectivity index (χ1) is 13.0. The number of halogens is 1. The number of hydrogen-bond donors (Lipinski definition) is 0. The summed E-state index contributed by atoms with van der Waals surface area (Å²) in [7, 11) is 0. The smallest absolute Gasteiger partial charge is 1.00 e. The van der Waals surface area contributed by atoms with Crippen LogP contribution in [0.3, 0.4) is 0 Å². The molecular weight excluding hydrogens is 451 g/mol. The molecule has 29 heavy (non-hydrogen) atoms. The summed E-state index contributed by atoms with van der Waals surface area (Å²) in [6, 6.07) is 15.6. The van der Waals surface area contributed by atoms with Crippen molar-refractivity contribution in [1.29, 1.82) is 0 Å². The third-order valence-electron chi connectivity index (χ3n) is 4.76. The van der Waals surface area contributed by atoms with Gasteiger partial charge in [-0.05, 0) is 13.8 Å². The van der Waals surface area contributed by atoms with Gasteiger partial charge >= 0.3 is 26.2 Å². The van der Waals surface area contributed by atoms with Crippen molar-refractivity contribution in [3.05, 3.63) is 101 Å². The Labute approximate surface area is 201 Å². The van der Waals surface area contributed by atoms with E-state index in [2.05, 4.69) is 94.5 Å². The molecule has 5 rings (SSSR count). The summed E-state index contributed by atoms with van der Waals surface area (Å²) in [6.07, 6.45) is 16.5. The molecule has 0 saturated heterocycles. The Morgan fingerprint density at radius 1 is 0.690 bits per heavy atom. The van der Waals surface area contributed by atoms with Crippen molar-refractivity contribution in [3.8, 4) is 0 Å². The molecule has 0 unspecified atom stereocenters. The van der Waals surface area contributed by atoms with Gasteiger partial charge in [0.2, 0.25) is 0 Å². The van der Waals surface area contributed by atoms with Crippen LogP contribution in [0, 0.1) is 26.0 Å². The van der Waals surface area contributed by atoms with Crippen molar-refractivity contribution in [1.82, 2.24) is 0 Å². The average Bonchev–Trinajstić information content (AvgIpc) is 3.36. The first-order valence-corrected chi connectivity index (χ1v) is 9.56. The molecule has 0 N–H and O–H groups in total. The molecule has 0 heterocycles. The largest absolute Gasteiger partial charge is 4.00 e. The molecule has 3 aromatic rings. The van der Waals surface area contributed by atoms with Crippen molar-refractivity contribution in [2.45, 2.75) is 40.5 Å². The van der Waals surface area contributed by atoms with Crippen molar-refractivity contribution < 1.29 is 38.6 Å². The SMILES string of the molecule is CC1=CC[C-]=C1.CC1=CC[C-]=C1.Cc1ccc2c(c1)[cH-]c1cc(C)ccc12.[Cl-].[Zr+4]. The van der Waals surface area contributed by atoms with Gasteiger partial charge < -0.3 is 12.4 Å². The van der Waals surface area contributed by atoms with Crippen LogP contribution in [0.2, 0.25) is 0 Å². The van der Waals surface area contributed by atoms with E-state index in [9.17, 15) is 0 Å². The molecule has 0 saturated carbocycles. The molecular formula is C27H27ClZr. The first-order valence-electron chi connectivity index (χ1n) is 9.56. The van der Waals surface area contributed by atoms with Crippen LogP contribution in [0.5, 0.6) is 0 Å². The molecule has 0 atom stereocenters. The molecule has 0 radical (unpaired) electrons. The van der Waals surface area contributed by atoms with E-state index < -0.39 is 0 Å². The van der Waals surface area contributed by atoms with Crippen LogP contribution in [0.4, 0.5) is 0 Å². The molecule has 146 valence electrons. The van der Waals surface area contributed by atoms with Gasteiger partial charge in [-0.1, -0.05) is 35.4 Å². The molecule has 0 aliphatic heterocycles. The normalized spacial score (nSPS) is 13.5. The zero-order chi connectivity index (χ0) is 19.2. The molecule has 0 aromatic heterocycles. The van der Waals surface area contributed by atoms with E-state index in [0.29, 0.717) is 0 Å². The minimum atomic E-state index is 0. The standard InChI is InChI=1S/C15H13.2C6H7.ClH.Zr/c1-10-3-5-14-12(7-10)9-13-8-11(2)4-6-15(13)14;2*1-6-4-2-3-5-6;;/h3-9H,1-2H3;2*4-5H,2H2,1H3;1H;/q3*-1;;+4/p-1. The fourth-order valence-corrected chi connectivity index (χ4v) is 3.26. The Kier molecular flexibility index (Phi) is 10.7. The number of hydrogen-bond acceptors (Lipinski definition) is 0. The summed E-state index contributed by atoms with van der Waals surface area (Å²) in [4.78, 5) is 0. The fraction of sp³-hybridized carbons (Fsp3) is 0.222. The second-order valence-corrected chi connectivity index (χ2v) is 7.33. The van der Waals surface area contributed by atoms with E-state index >= 15 is 0 Å². The van der Waals surface area contributed by atoms with Crippen LogP contribution in [-0.4, -0.2) is 0 Å². The van der Waals surface area contributed by atoms with E-state index in [0.717, 1.165) is 12.8 Å². The maximum absolute atomic E-state index is 3.05. The van der Waals surface area contributed by atoms with Crippen LogP contribution in [0.15, 0.2) is 77.9 Å². The Morgan fingerprint density at radius 3 is 1.38 bits per heavy atom. The summed E-state index contributed by atoms with van der Waals surface area (Å²) >= 11 is 0. The molecule has 0 fully saturated rings. The maximum Gasteiger partial charge on any atom is 4.00 e. The Balaban J connectivity index is 0.000000252. The second-order valence-electron chi connectivity index (χ2n) is 7.33. The zero-order valence-corrected chi connectivity index (χ0v) is 20.9. The summed E-state index contributed by atoms with van der Waals surface area (Å²) in [6.45, 7) is 8.45. The van der Waals surface area contributed by atoms with Gasteiger partial charge in [0.15, 0.2) is 0 Å². The Bertz CT molecular complexity index is 971. The quantitative estimate of drug-likeness (QED) is 0.411. The molecule has 0 amide bonds. The minimum Gasteiger partial charge on any atom is -1.00 e. The molecule has 2 heteroatoms. The van der Waals surface area contributed by atoms with Crippen molar-refractivity contribution >= 4 is 21.5 Å². The van der Waals surface area contributed by atoms with Crippen LogP contribution in [-0.2, 0) is 26.2 Å². The van der Waals surface area contributed by atoms with E-state index in [1.54, 1.807) is 0 Å². The Hall–Kier alpha value is -1.56. The van der Waals surface area contributed by atoms with Gasteiger partial charge in [-0.25, -0.2) is 23.3 Å².